The Balaban J connectivity index is 1.75. The molecule has 0 radical (unpaired) electrons. The number of methoxy groups -OCH3 is 1. The number of nitrogens with two attached hydrogens (primary N) is 1. The highest BCUT2D eigenvalue weighted by atomic mass is 16.5. The highest BCUT2D eigenvalue weighted by Crippen LogP contribution is 2.23. The van der Waals surface area contributed by atoms with Crippen molar-refractivity contribution in [1.82, 2.24) is 4.90 Å². The Hall–Kier alpha value is -1.58. The fourth-order valence-electron chi connectivity index (χ4n) is 3.15. The minimum Gasteiger partial charge on any atom is -0.497 e. The van der Waals surface area contributed by atoms with E-state index in [4.69, 9.17) is 10.5 Å². The Morgan fingerprint density at radius 2 is 1.95 bits per heavy atom. The van der Waals surface area contributed by atoms with Crippen molar-refractivity contribution in [3.8, 4) is 5.75 Å². The average Bonchev–Trinajstić information content (AvgIpc) is 2.50. The molecule has 3 rings (SSSR count). The second-order valence-corrected chi connectivity index (χ2v) is 6.21. The fourth-order valence-corrected chi connectivity index (χ4v) is 3.15. The highest BCUT2D eigenvalue weighted by molar-refractivity contribution is 5.84. The summed E-state index contributed by atoms with van der Waals surface area (Å²) in [5, 5.41) is 2.50. The predicted octanol–water partition coefficient (Wildman–Crippen LogP) is 3.02. The third kappa shape index (κ3) is 3.20. The Morgan fingerprint density at radius 3 is 2.71 bits per heavy atom. The van der Waals surface area contributed by atoms with Gasteiger partial charge in [0.25, 0.3) is 0 Å². The van der Waals surface area contributed by atoms with E-state index in [0.29, 0.717) is 12.0 Å². The maximum absolute atomic E-state index is 6.10. The molecule has 1 heterocycles. The highest BCUT2D eigenvalue weighted by Gasteiger charge is 2.22. The fraction of sp³-hybridized carbons (Fsp3) is 0.444. The third-order valence-electron chi connectivity index (χ3n) is 4.57. The first-order chi connectivity index (χ1) is 10.2. The van der Waals surface area contributed by atoms with Crippen LogP contribution in [0.15, 0.2) is 36.4 Å². The van der Waals surface area contributed by atoms with Crippen LogP contribution in [0.5, 0.6) is 5.75 Å². The largest absolute Gasteiger partial charge is 0.497 e. The summed E-state index contributed by atoms with van der Waals surface area (Å²) in [6, 6.07) is 13.3. The smallest absolute Gasteiger partial charge is 0.119 e. The van der Waals surface area contributed by atoms with Gasteiger partial charge < -0.3 is 10.5 Å². The summed E-state index contributed by atoms with van der Waals surface area (Å²) >= 11 is 0. The molecule has 112 valence electrons. The first-order valence-corrected chi connectivity index (χ1v) is 7.70. The minimum atomic E-state index is 0.366. The van der Waals surface area contributed by atoms with E-state index in [1.54, 1.807) is 7.11 Å². The molecule has 2 aromatic carbocycles. The Kier molecular flexibility index (Phi) is 4.13. The topological polar surface area (TPSA) is 38.5 Å². The monoisotopic (exact) mass is 284 g/mol. The Bertz CT molecular complexity index is 626. The third-order valence-corrected chi connectivity index (χ3v) is 4.57. The van der Waals surface area contributed by atoms with Crippen molar-refractivity contribution in [3.63, 3.8) is 0 Å². The average molecular weight is 284 g/mol. The summed E-state index contributed by atoms with van der Waals surface area (Å²) in [4.78, 5) is 2.51. The SMILES string of the molecule is COc1ccc2cc(CN3CCC(N)C(C)C3)ccc2c1. The van der Waals surface area contributed by atoms with Crippen molar-refractivity contribution in [2.24, 2.45) is 11.7 Å². The van der Waals surface area contributed by atoms with Crippen LogP contribution in [0, 0.1) is 5.92 Å². The molecule has 0 saturated carbocycles. The number of hydrogen-bond acceptors (Lipinski definition) is 3. The number of benzene rings is 2. The minimum absolute atomic E-state index is 0.366. The van der Waals surface area contributed by atoms with Gasteiger partial charge in [-0.15, -0.1) is 0 Å². The van der Waals surface area contributed by atoms with E-state index in [9.17, 15) is 0 Å². The van der Waals surface area contributed by atoms with Gasteiger partial charge in [-0.25, -0.2) is 0 Å². The summed E-state index contributed by atoms with van der Waals surface area (Å²) in [6.07, 6.45) is 1.10. The van der Waals surface area contributed by atoms with Crippen LogP contribution < -0.4 is 10.5 Å². The van der Waals surface area contributed by atoms with Crippen molar-refractivity contribution in [3.05, 3.63) is 42.0 Å². The zero-order chi connectivity index (χ0) is 14.8. The van der Waals surface area contributed by atoms with E-state index in [-0.39, 0.29) is 0 Å². The van der Waals surface area contributed by atoms with Crippen molar-refractivity contribution in [2.75, 3.05) is 20.2 Å². The van der Waals surface area contributed by atoms with Crippen molar-refractivity contribution in [1.29, 1.82) is 0 Å². The molecule has 0 bridgehead atoms. The number of fused-ring (bicyclic) bond motifs is 1. The van der Waals surface area contributed by atoms with Crippen LogP contribution in [0.4, 0.5) is 0 Å². The molecule has 0 aromatic heterocycles. The lowest BCUT2D eigenvalue weighted by molar-refractivity contribution is 0.158. The van der Waals surface area contributed by atoms with Gasteiger partial charge in [-0.3, -0.25) is 4.90 Å². The van der Waals surface area contributed by atoms with Crippen LogP contribution in [0.2, 0.25) is 0 Å². The lowest BCUT2D eigenvalue weighted by atomic mass is 9.94. The lowest BCUT2D eigenvalue weighted by Gasteiger charge is -2.35. The number of ether oxygens (including phenoxy) is 1. The summed E-state index contributed by atoms with van der Waals surface area (Å²) in [5.74, 6) is 1.50. The van der Waals surface area contributed by atoms with Crippen LogP contribution in [-0.2, 0) is 6.54 Å². The first kappa shape index (κ1) is 14.4. The lowest BCUT2D eigenvalue weighted by Crippen LogP contribution is -2.45. The summed E-state index contributed by atoms with van der Waals surface area (Å²) < 4.78 is 5.28. The van der Waals surface area contributed by atoms with Gasteiger partial charge in [-0.05, 0) is 53.4 Å². The van der Waals surface area contributed by atoms with Crippen LogP contribution in [-0.4, -0.2) is 31.1 Å². The number of likely N-dealkylation sites (tertiary alicyclic amines) is 1. The standard InChI is InChI=1S/C18H24N2O/c1-13-11-20(8-7-18(13)19)12-14-3-4-16-10-17(21-2)6-5-15(16)9-14/h3-6,9-10,13,18H,7-8,11-12,19H2,1-2H3. The molecular formula is C18H24N2O. The molecule has 1 fully saturated rings. The van der Waals surface area contributed by atoms with Crippen LogP contribution in [0.25, 0.3) is 10.8 Å². The molecule has 2 aromatic rings. The van der Waals surface area contributed by atoms with Crippen LogP contribution >= 0.6 is 0 Å². The van der Waals surface area contributed by atoms with E-state index in [2.05, 4.69) is 42.2 Å². The number of piperidine rings is 1. The molecule has 1 aliphatic rings. The van der Waals surface area contributed by atoms with E-state index < -0.39 is 0 Å². The van der Waals surface area contributed by atoms with E-state index in [1.165, 1.54) is 16.3 Å². The first-order valence-electron chi connectivity index (χ1n) is 7.70. The van der Waals surface area contributed by atoms with E-state index >= 15 is 0 Å². The zero-order valence-electron chi connectivity index (χ0n) is 12.9. The predicted molar refractivity (Wildman–Crippen MR) is 87.5 cm³/mol. The van der Waals surface area contributed by atoms with Gasteiger partial charge in [-0.1, -0.05) is 25.1 Å². The van der Waals surface area contributed by atoms with Crippen molar-refractivity contribution < 1.29 is 4.74 Å². The van der Waals surface area contributed by atoms with Gasteiger partial charge in [0, 0.05) is 19.1 Å². The van der Waals surface area contributed by atoms with E-state index in [0.717, 1.165) is 31.8 Å². The normalized spacial score (nSPS) is 23.4. The molecule has 0 spiro atoms. The Morgan fingerprint density at radius 1 is 1.19 bits per heavy atom. The van der Waals surface area contributed by atoms with Crippen LogP contribution in [0.1, 0.15) is 18.9 Å². The number of hydrogen-bond donors (Lipinski definition) is 1. The van der Waals surface area contributed by atoms with Gasteiger partial charge in [0.1, 0.15) is 5.75 Å². The molecule has 3 heteroatoms. The van der Waals surface area contributed by atoms with Gasteiger partial charge in [0.15, 0.2) is 0 Å². The molecule has 1 saturated heterocycles. The van der Waals surface area contributed by atoms with Gasteiger partial charge in [0.05, 0.1) is 7.11 Å². The number of rotatable bonds is 3. The van der Waals surface area contributed by atoms with Crippen molar-refractivity contribution >= 4 is 10.8 Å². The molecule has 1 aliphatic heterocycles. The number of nitrogens with zero attached hydrogens (tertiary/aromatic N) is 1. The molecule has 2 unspecified atom stereocenters. The van der Waals surface area contributed by atoms with Gasteiger partial charge in [-0.2, -0.15) is 0 Å². The maximum Gasteiger partial charge on any atom is 0.119 e. The molecule has 2 atom stereocenters. The van der Waals surface area contributed by atoms with Crippen molar-refractivity contribution in [2.45, 2.75) is 25.9 Å². The molecule has 21 heavy (non-hydrogen) atoms. The molecule has 3 nitrogen and oxygen atoms in total. The molecule has 0 aliphatic carbocycles. The quantitative estimate of drug-likeness (QED) is 0.941. The van der Waals surface area contributed by atoms with E-state index in [1.807, 2.05) is 6.07 Å². The summed E-state index contributed by atoms with van der Waals surface area (Å²) in [5.41, 5.74) is 7.47. The second kappa shape index (κ2) is 6.04. The molecule has 0 amide bonds. The molecular weight excluding hydrogens is 260 g/mol. The Labute approximate surface area is 126 Å². The molecule has 2 N–H and O–H groups in total. The summed E-state index contributed by atoms with van der Waals surface area (Å²) in [7, 11) is 1.71. The van der Waals surface area contributed by atoms with Gasteiger partial charge >= 0.3 is 0 Å². The van der Waals surface area contributed by atoms with Crippen LogP contribution in [0.3, 0.4) is 0 Å². The second-order valence-electron chi connectivity index (χ2n) is 6.21. The maximum atomic E-state index is 6.10. The summed E-state index contributed by atoms with van der Waals surface area (Å²) in [6.45, 7) is 5.47. The zero-order valence-corrected chi connectivity index (χ0v) is 12.9. The van der Waals surface area contributed by atoms with Gasteiger partial charge in [0.2, 0.25) is 0 Å².